The fourth-order valence-electron chi connectivity index (χ4n) is 1.49. The fourth-order valence-corrected chi connectivity index (χ4v) is 1.59. The molecule has 3 N–H and O–H groups in total. The summed E-state index contributed by atoms with van der Waals surface area (Å²) >= 11 is 5.71. The average Bonchev–Trinajstić information content (AvgIpc) is 2.30. The van der Waals surface area contributed by atoms with E-state index in [4.69, 9.17) is 27.5 Å². The second kappa shape index (κ2) is 4.63. The molecule has 16 heavy (non-hydrogen) atoms. The van der Waals surface area contributed by atoms with Crippen LogP contribution in [-0.4, -0.2) is 41.6 Å². The van der Waals surface area contributed by atoms with Crippen molar-refractivity contribution in [1.82, 2.24) is 9.97 Å². The fraction of sp³-hybridized carbons (Fsp3) is 0.444. The van der Waals surface area contributed by atoms with Gasteiger partial charge < -0.3 is 15.4 Å². The number of ether oxygens (including phenoxy) is 1. The van der Waals surface area contributed by atoms with E-state index in [2.05, 4.69) is 9.97 Å². The molecular formula is C9H12ClN5O. The second-order valence-electron chi connectivity index (χ2n) is 3.46. The van der Waals surface area contributed by atoms with Gasteiger partial charge in [-0.1, -0.05) is 11.6 Å². The van der Waals surface area contributed by atoms with Crippen molar-refractivity contribution in [1.29, 1.82) is 5.41 Å². The van der Waals surface area contributed by atoms with Crippen LogP contribution in [0.4, 0.5) is 5.95 Å². The van der Waals surface area contributed by atoms with Crippen LogP contribution in [0.25, 0.3) is 0 Å². The molecule has 1 aromatic heterocycles. The molecule has 0 saturated carbocycles. The van der Waals surface area contributed by atoms with Crippen molar-refractivity contribution in [3.05, 3.63) is 17.4 Å². The van der Waals surface area contributed by atoms with Gasteiger partial charge in [-0.25, -0.2) is 9.97 Å². The highest BCUT2D eigenvalue weighted by Gasteiger charge is 2.24. The minimum Gasteiger partial charge on any atom is -0.385 e. The molecule has 1 atom stereocenters. The molecule has 6 nitrogen and oxygen atoms in total. The molecule has 0 spiro atoms. The predicted molar refractivity (Wildman–Crippen MR) is 60.9 cm³/mol. The van der Waals surface area contributed by atoms with Gasteiger partial charge in [0, 0.05) is 6.54 Å². The van der Waals surface area contributed by atoms with Crippen molar-refractivity contribution in [3.8, 4) is 0 Å². The molecule has 1 aliphatic heterocycles. The summed E-state index contributed by atoms with van der Waals surface area (Å²) in [5, 5.41) is 7.84. The highest BCUT2D eigenvalue weighted by Crippen LogP contribution is 2.14. The Hall–Kier alpha value is -1.40. The van der Waals surface area contributed by atoms with Crippen molar-refractivity contribution < 1.29 is 4.74 Å². The van der Waals surface area contributed by atoms with Crippen molar-refractivity contribution in [2.24, 2.45) is 5.73 Å². The van der Waals surface area contributed by atoms with E-state index >= 15 is 0 Å². The van der Waals surface area contributed by atoms with Crippen LogP contribution in [0.15, 0.2) is 12.4 Å². The first-order valence-corrected chi connectivity index (χ1v) is 5.22. The zero-order chi connectivity index (χ0) is 11.5. The van der Waals surface area contributed by atoms with Gasteiger partial charge in [-0.15, -0.1) is 0 Å². The summed E-state index contributed by atoms with van der Waals surface area (Å²) < 4.78 is 5.34. The quantitative estimate of drug-likeness (QED) is 0.573. The Kier molecular flexibility index (Phi) is 3.21. The maximum absolute atomic E-state index is 7.34. The summed E-state index contributed by atoms with van der Waals surface area (Å²) in [6, 6.07) is 0. The molecule has 1 fully saturated rings. The van der Waals surface area contributed by atoms with Gasteiger partial charge in [0.2, 0.25) is 5.95 Å². The lowest BCUT2D eigenvalue weighted by Crippen LogP contribution is -2.48. The maximum Gasteiger partial charge on any atom is 0.225 e. The molecule has 86 valence electrons. The first-order chi connectivity index (χ1) is 7.66. The van der Waals surface area contributed by atoms with Gasteiger partial charge in [0.05, 0.1) is 30.6 Å². The van der Waals surface area contributed by atoms with Crippen LogP contribution in [0, 0.1) is 5.41 Å². The minimum atomic E-state index is -0.381. The summed E-state index contributed by atoms with van der Waals surface area (Å²) in [6.07, 6.45) is 2.71. The highest BCUT2D eigenvalue weighted by molar-refractivity contribution is 6.30. The number of aromatic nitrogens is 2. The van der Waals surface area contributed by atoms with Gasteiger partial charge in [0.15, 0.2) is 0 Å². The molecular weight excluding hydrogens is 230 g/mol. The maximum atomic E-state index is 7.34. The number of amidine groups is 1. The Bertz CT molecular complexity index is 382. The SMILES string of the molecule is N=C(N)C1CN(c2ncc(Cl)cn2)CCO1. The van der Waals surface area contributed by atoms with Gasteiger partial charge in [0.1, 0.15) is 11.9 Å². The number of halogens is 1. The Balaban J connectivity index is 2.09. The van der Waals surface area contributed by atoms with Crippen molar-refractivity contribution in [2.75, 3.05) is 24.6 Å². The molecule has 7 heteroatoms. The van der Waals surface area contributed by atoms with E-state index < -0.39 is 0 Å². The van der Waals surface area contributed by atoms with Crippen LogP contribution in [0.3, 0.4) is 0 Å². The van der Waals surface area contributed by atoms with Gasteiger partial charge >= 0.3 is 0 Å². The van der Waals surface area contributed by atoms with E-state index in [-0.39, 0.29) is 11.9 Å². The molecule has 2 rings (SSSR count). The second-order valence-corrected chi connectivity index (χ2v) is 3.90. The Morgan fingerprint density at radius 1 is 1.56 bits per heavy atom. The topological polar surface area (TPSA) is 88.1 Å². The predicted octanol–water partition coefficient (Wildman–Crippen LogP) is 0.271. The summed E-state index contributed by atoms with van der Waals surface area (Å²) in [4.78, 5) is 10.1. The number of morpholine rings is 1. The normalized spacial score (nSPS) is 20.8. The number of nitrogens with zero attached hydrogens (tertiary/aromatic N) is 3. The molecule has 1 unspecified atom stereocenters. The lowest BCUT2D eigenvalue weighted by molar-refractivity contribution is 0.0820. The van der Waals surface area contributed by atoms with Crippen LogP contribution < -0.4 is 10.6 Å². The largest absolute Gasteiger partial charge is 0.385 e. The zero-order valence-electron chi connectivity index (χ0n) is 8.56. The highest BCUT2D eigenvalue weighted by atomic mass is 35.5. The monoisotopic (exact) mass is 241 g/mol. The first kappa shape index (κ1) is 11.1. The van der Waals surface area contributed by atoms with E-state index in [1.807, 2.05) is 4.90 Å². The minimum absolute atomic E-state index is 0.0265. The van der Waals surface area contributed by atoms with Crippen LogP contribution >= 0.6 is 11.6 Å². The van der Waals surface area contributed by atoms with Crippen LogP contribution in [0.1, 0.15) is 0 Å². The third-order valence-electron chi connectivity index (χ3n) is 2.30. The molecule has 1 saturated heterocycles. The smallest absolute Gasteiger partial charge is 0.225 e. The number of hydrogen-bond donors (Lipinski definition) is 2. The van der Waals surface area contributed by atoms with Gasteiger partial charge in [0.25, 0.3) is 0 Å². The lowest BCUT2D eigenvalue weighted by atomic mass is 10.2. The molecule has 1 aromatic rings. The zero-order valence-corrected chi connectivity index (χ0v) is 9.31. The summed E-state index contributed by atoms with van der Waals surface area (Å²) in [5.74, 6) is 0.609. The summed E-state index contributed by atoms with van der Waals surface area (Å²) in [5.41, 5.74) is 5.40. The van der Waals surface area contributed by atoms with Gasteiger partial charge in [-0.2, -0.15) is 0 Å². The number of nitrogens with two attached hydrogens (primary N) is 1. The number of rotatable bonds is 2. The van der Waals surface area contributed by atoms with E-state index in [9.17, 15) is 0 Å². The van der Waals surface area contributed by atoms with Gasteiger partial charge in [-0.3, -0.25) is 5.41 Å². The molecule has 0 aliphatic carbocycles. The first-order valence-electron chi connectivity index (χ1n) is 4.85. The van der Waals surface area contributed by atoms with Crippen LogP contribution in [-0.2, 0) is 4.74 Å². The van der Waals surface area contributed by atoms with Crippen molar-refractivity contribution in [2.45, 2.75) is 6.10 Å². The average molecular weight is 242 g/mol. The van der Waals surface area contributed by atoms with Crippen LogP contribution in [0.2, 0.25) is 5.02 Å². The molecule has 2 heterocycles. The van der Waals surface area contributed by atoms with E-state index in [0.717, 1.165) is 0 Å². The number of anilines is 1. The molecule has 0 aromatic carbocycles. The van der Waals surface area contributed by atoms with E-state index in [1.165, 1.54) is 0 Å². The molecule has 0 radical (unpaired) electrons. The Morgan fingerprint density at radius 3 is 2.88 bits per heavy atom. The number of hydrogen-bond acceptors (Lipinski definition) is 5. The van der Waals surface area contributed by atoms with E-state index in [0.29, 0.717) is 30.7 Å². The lowest BCUT2D eigenvalue weighted by Gasteiger charge is -2.32. The van der Waals surface area contributed by atoms with Gasteiger partial charge in [-0.05, 0) is 0 Å². The van der Waals surface area contributed by atoms with Crippen molar-refractivity contribution >= 4 is 23.4 Å². The van der Waals surface area contributed by atoms with E-state index in [1.54, 1.807) is 12.4 Å². The molecule has 0 bridgehead atoms. The number of nitrogens with one attached hydrogen (secondary N) is 1. The standard InChI is InChI=1S/C9H12ClN5O/c10-6-3-13-9(14-4-6)15-1-2-16-7(5-15)8(11)12/h3-4,7H,1-2,5H2,(H3,11,12). The van der Waals surface area contributed by atoms with Crippen LogP contribution in [0.5, 0.6) is 0 Å². The van der Waals surface area contributed by atoms with Crippen molar-refractivity contribution in [3.63, 3.8) is 0 Å². The third kappa shape index (κ3) is 2.40. The summed E-state index contributed by atoms with van der Waals surface area (Å²) in [7, 11) is 0. The molecule has 1 aliphatic rings. The molecule has 0 amide bonds. The summed E-state index contributed by atoms with van der Waals surface area (Å²) in [6.45, 7) is 1.69. The Morgan fingerprint density at radius 2 is 2.25 bits per heavy atom. The third-order valence-corrected chi connectivity index (χ3v) is 2.50. The Labute approximate surface area is 97.9 Å².